The van der Waals surface area contributed by atoms with E-state index in [1.807, 2.05) is 5.38 Å². The van der Waals surface area contributed by atoms with E-state index >= 15 is 0 Å². The lowest BCUT2D eigenvalue weighted by atomic mass is 9.82. The summed E-state index contributed by atoms with van der Waals surface area (Å²) in [6.45, 7) is 0. The molecule has 1 aliphatic carbocycles. The van der Waals surface area contributed by atoms with Crippen LogP contribution in [0.4, 0.5) is 5.00 Å². The van der Waals surface area contributed by atoms with Crippen LogP contribution >= 0.6 is 23.7 Å². The van der Waals surface area contributed by atoms with Gasteiger partial charge < -0.3 is 5.73 Å². The molecule has 0 amide bonds. The Morgan fingerprint density at radius 1 is 1.41 bits per heavy atom. The van der Waals surface area contributed by atoms with E-state index < -0.39 is 0 Å². The molecule has 1 fully saturated rings. The van der Waals surface area contributed by atoms with Crippen molar-refractivity contribution in [2.75, 3.05) is 0 Å². The lowest BCUT2D eigenvalue weighted by Gasteiger charge is -2.26. The number of nitrogens with zero attached hydrogens (tertiary/aromatic N) is 1. The minimum Gasteiger partial charge on any atom is -0.324 e. The van der Waals surface area contributed by atoms with Gasteiger partial charge in [-0.15, -0.1) is 12.4 Å². The summed E-state index contributed by atoms with van der Waals surface area (Å²) in [7, 11) is 0. The molecule has 1 heterocycles. The second-order valence-corrected chi connectivity index (χ2v) is 5.29. The summed E-state index contributed by atoms with van der Waals surface area (Å²) in [6.07, 6.45) is 6.10. The van der Waals surface area contributed by atoms with E-state index in [4.69, 9.17) is 5.73 Å². The Balaban J connectivity index is 0.00000144. The largest absolute Gasteiger partial charge is 0.324 e. The summed E-state index contributed by atoms with van der Waals surface area (Å²) in [5, 5.41) is 12.6. The van der Waals surface area contributed by atoms with Crippen molar-refractivity contribution in [3.05, 3.63) is 27.1 Å². The topological polar surface area (TPSA) is 69.2 Å². The first-order valence-corrected chi connectivity index (χ1v) is 6.55. The van der Waals surface area contributed by atoms with E-state index in [2.05, 4.69) is 0 Å². The number of nitrogens with two attached hydrogens (primary N) is 1. The molecule has 17 heavy (non-hydrogen) atoms. The third-order valence-electron chi connectivity index (χ3n) is 3.33. The smallest absolute Gasteiger partial charge is 0.324 e. The highest BCUT2D eigenvalue weighted by Gasteiger charge is 2.24. The Morgan fingerprint density at radius 2 is 2.06 bits per heavy atom. The Labute approximate surface area is 111 Å². The highest BCUT2D eigenvalue weighted by molar-refractivity contribution is 7.13. The molecule has 6 heteroatoms. The van der Waals surface area contributed by atoms with Crippen LogP contribution < -0.4 is 5.73 Å². The molecule has 0 saturated heterocycles. The molecule has 1 aromatic rings. The quantitative estimate of drug-likeness (QED) is 0.676. The maximum absolute atomic E-state index is 10.6. The van der Waals surface area contributed by atoms with Gasteiger partial charge in [0.05, 0.1) is 4.92 Å². The lowest BCUT2D eigenvalue weighted by Crippen LogP contribution is -2.22. The predicted octanol–water partition coefficient (Wildman–Crippen LogP) is 3.66. The Kier molecular flexibility index (Phi) is 5.36. The first-order chi connectivity index (χ1) is 7.68. The minimum absolute atomic E-state index is 0. The van der Waals surface area contributed by atoms with Crippen LogP contribution in [0, 0.1) is 16.0 Å². The van der Waals surface area contributed by atoms with Crippen molar-refractivity contribution in [2.24, 2.45) is 11.7 Å². The molecule has 0 spiro atoms. The van der Waals surface area contributed by atoms with E-state index in [0.717, 1.165) is 18.4 Å². The Hall–Kier alpha value is -0.650. The molecule has 0 unspecified atom stereocenters. The molecule has 0 radical (unpaired) electrons. The summed E-state index contributed by atoms with van der Waals surface area (Å²) >= 11 is 1.17. The van der Waals surface area contributed by atoms with Gasteiger partial charge >= 0.3 is 5.00 Å². The van der Waals surface area contributed by atoms with Gasteiger partial charge in [0.1, 0.15) is 0 Å². The van der Waals surface area contributed by atoms with Crippen molar-refractivity contribution < 1.29 is 4.92 Å². The van der Waals surface area contributed by atoms with E-state index in [0.29, 0.717) is 5.92 Å². The highest BCUT2D eigenvalue weighted by atomic mass is 35.5. The number of nitro groups is 1. The van der Waals surface area contributed by atoms with Crippen LogP contribution in [0.3, 0.4) is 0 Å². The van der Waals surface area contributed by atoms with Gasteiger partial charge in [-0.05, 0) is 24.3 Å². The molecule has 4 nitrogen and oxygen atoms in total. The van der Waals surface area contributed by atoms with Crippen molar-refractivity contribution in [3.63, 3.8) is 0 Å². The Bertz CT molecular complexity index is 377. The van der Waals surface area contributed by atoms with Crippen molar-refractivity contribution in [1.29, 1.82) is 0 Å². The first kappa shape index (κ1) is 14.4. The lowest BCUT2D eigenvalue weighted by molar-refractivity contribution is -0.380. The number of halogens is 1. The zero-order valence-electron chi connectivity index (χ0n) is 9.50. The van der Waals surface area contributed by atoms with Gasteiger partial charge in [0, 0.05) is 17.5 Å². The molecule has 2 rings (SSSR count). The van der Waals surface area contributed by atoms with Crippen LogP contribution in [-0.4, -0.2) is 4.92 Å². The van der Waals surface area contributed by atoms with Crippen LogP contribution in [0.2, 0.25) is 0 Å². The monoisotopic (exact) mass is 276 g/mol. The van der Waals surface area contributed by atoms with Crippen LogP contribution in [-0.2, 0) is 0 Å². The van der Waals surface area contributed by atoms with E-state index in [-0.39, 0.29) is 28.4 Å². The SMILES string of the molecule is Cl.N[C@H](c1csc([N+](=O)[O-])c1)C1CCCCC1. The van der Waals surface area contributed by atoms with Crippen LogP contribution in [0.1, 0.15) is 43.7 Å². The number of hydrogen-bond donors (Lipinski definition) is 1. The molecule has 0 aliphatic heterocycles. The summed E-state index contributed by atoms with van der Waals surface area (Å²) < 4.78 is 0. The zero-order valence-corrected chi connectivity index (χ0v) is 11.1. The molecular formula is C11H17ClN2O2S. The van der Waals surface area contributed by atoms with E-state index in [1.165, 1.54) is 30.6 Å². The van der Waals surface area contributed by atoms with Crippen LogP contribution in [0.5, 0.6) is 0 Å². The Morgan fingerprint density at radius 3 is 2.59 bits per heavy atom. The van der Waals surface area contributed by atoms with Gasteiger partial charge in [-0.1, -0.05) is 30.6 Å². The second-order valence-electron chi connectivity index (χ2n) is 4.40. The maximum Gasteiger partial charge on any atom is 0.324 e. The number of rotatable bonds is 3. The van der Waals surface area contributed by atoms with Crippen molar-refractivity contribution in [1.82, 2.24) is 0 Å². The standard InChI is InChI=1S/C11H16N2O2S.ClH/c12-11(8-4-2-1-3-5-8)9-6-10(13(14)15)16-7-9;/h6-8,11H,1-5,12H2;1H/t11-;/m0./s1. The average molecular weight is 277 g/mol. The van der Waals surface area contributed by atoms with Crippen molar-refractivity contribution in [2.45, 2.75) is 38.1 Å². The van der Waals surface area contributed by atoms with Gasteiger partial charge in [-0.3, -0.25) is 10.1 Å². The molecule has 1 atom stereocenters. The van der Waals surface area contributed by atoms with Gasteiger partial charge in [0.15, 0.2) is 0 Å². The fourth-order valence-corrected chi connectivity index (χ4v) is 3.15. The first-order valence-electron chi connectivity index (χ1n) is 5.67. The van der Waals surface area contributed by atoms with Gasteiger partial charge in [-0.2, -0.15) is 0 Å². The predicted molar refractivity (Wildman–Crippen MR) is 71.7 cm³/mol. The van der Waals surface area contributed by atoms with E-state index in [9.17, 15) is 10.1 Å². The maximum atomic E-state index is 10.6. The second kappa shape index (κ2) is 6.33. The molecule has 1 saturated carbocycles. The number of thiophene rings is 1. The molecule has 96 valence electrons. The van der Waals surface area contributed by atoms with Gasteiger partial charge in [0.2, 0.25) is 0 Å². The van der Waals surface area contributed by atoms with Crippen LogP contribution in [0.25, 0.3) is 0 Å². The van der Waals surface area contributed by atoms with Crippen molar-refractivity contribution in [3.8, 4) is 0 Å². The van der Waals surface area contributed by atoms with Gasteiger partial charge in [0.25, 0.3) is 0 Å². The molecule has 0 bridgehead atoms. The minimum atomic E-state index is -0.345. The normalized spacial score (nSPS) is 18.4. The zero-order chi connectivity index (χ0) is 11.5. The summed E-state index contributed by atoms with van der Waals surface area (Å²) in [6, 6.07) is 1.61. The molecular weight excluding hydrogens is 260 g/mol. The summed E-state index contributed by atoms with van der Waals surface area (Å²) in [5.74, 6) is 0.503. The summed E-state index contributed by atoms with van der Waals surface area (Å²) in [4.78, 5) is 10.2. The van der Waals surface area contributed by atoms with Crippen molar-refractivity contribution >= 4 is 28.7 Å². The average Bonchev–Trinajstić information content (AvgIpc) is 2.78. The van der Waals surface area contributed by atoms with Gasteiger partial charge in [-0.25, -0.2) is 0 Å². The molecule has 2 N–H and O–H groups in total. The molecule has 1 aliphatic rings. The molecule has 1 aromatic heterocycles. The number of hydrogen-bond acceptors (Lipinski definition) is 4. The van der Waals surface area contributed by atoms with Crippen LogP contribution in [0.15, 0.2) is 11.4 Å². The third-order valence-corrected chi connectivity index (χ3v) is 4.23. The summed E-state index contributed by atoms with van der Waals surface area (Å²) in [5.41, 5.74) is 7.10. The van der Waals surface area contributed by atoms with E-state index in [1.54, 1.807) is 6.07 Å². The third kappa shape index (κ3) is 3.40. The fraction of sp³-hybridized carbons (Fsp3) is 0.636. The highest BCUT2D eigenvalue weighted by Crippen LogP contribution is 2.35. The molecule has 0 aromatic carbocycles. The fourth-order valence-electron chi connectivity index (χ4n) is 2.38.